The van der Waals surface area contributed by atoms with Gasteiger partial charge in [0.25, 0.3) is 0 Å². The van der Waals surface area contributed by atoms with E-state index in [0.29, 0.717) is 6.54 Å². The predicted octanol–water partition coefficient (Wildman–Crippen LogP) is 4.48. The van der Waals surface area contributed by atoms with Gasteiger partial charge in [0.15, 0.2) is 0 Å². The zero-order chi connectivity index (χ0) is 15.1. The lowest BCUT2D eigenvalue weighted by Gasteiger charge is -2.27. The maximum atomic E-state index is 13.5. The number of nitrogens with zero attached hydrogens (tertiary/aromatic N) is 1. The van der Waals surface area contributed by atoms with Crippen molar-refractivity contribution in [3.63, 3.8) is 0 Å². The van der Waals surface area contributed by atoms with Crippen LogP contribution in [0.15, 0.2) is 48.5 Å². The van der Waals surface area contributed by atoms with E-state index >= 15 is 0 Å². The van der Waals surface area contributed by atoms with Gasteiger partial charge in [-0.2, -0.15) is 0 Å². The van der Waals surface area contributed by atoms with Gasteiger partial charge in [0.05, 0.1) is 0 Å². The van der Waals surface area contributed by atoms with Gasteiger partial charge in [-0.15, -0.1) is 0 Å². The molecule has 0 heterocycles. The molecule has 0 saturated carbocycles. The fraction of sp³-hybridized carbons (Fsp3) is 0.333. The van der Waals surface area contributed by atoms with Crippen molar-refractivity contribution < 1.29 is 4.39 Å². The molecule has 2 aromatic rings. The highest BCUT2D eigenvalue weighted by Gasteiger charge is 2.13. The second kappa shape index (κ2) is 7.79. The zero-order valence-electron chi connectivity index (χ0n) is 12.8. The molecule has 21 heavy (non-hydrogen) atoms. The normalized spacial score (nSPS) is 10.6. The smallest absolute Gasteiger partial charge is 0.123 e. The Balaban J connectivity index is 2.41. The van der Waals surface area contributed by atoms with E-state index in [4.69, 9.17) is 0 Å². The molecular formula is C18H23FN2. The third-order valence-corrected chi connectivity index (χ3v) is 3.50. The summed E-state index contributed by atoms with van der Waals surface area (Å²) in [5.74, 6) is -0.187. The molecule has 0 aliphatic carbocycles. The number of rotatable bonds is 7. The molecule has 0 spiro atoms. The fourth-order valence-corrected chi connectivity index (χ4v) is 2.46. The van der Waals surface area contributed by atoms with Crippen LogP contribution in [0.5, 0.6) is 0 Å². The maximum absolute atomic E-state index is 13.5. The first kappa shape index (κ1) is 15.5. The summed E-state index contributed by atoms with van der Waals surface area (Å²) in [6, 6.07) is 15.3. The number of hydrogen-bond donors (Lipinski definition) is 1. The minimum atomic E-state index is -0.187. The largest absolute Gasteiger partial charge is 0.341 e. The third kappa shape index (κ3) is 4.05. The summed E-state index contributed by atoms with van der Waals surface area (Å²) in [4.78, 5) is 2.27. The van der Waals surface area contributed by atoms with E-state index in [1.165, 1.54) is 6.07 Å². The number of halogens is 1. The third-order valence-electron chi connectivity index (χ3n) is 3.50. The van der Waals surface area contributed by atoms with Crippen LogP contribution in [0.4, 0.5) is 15.8 Å². The van der Waals surface area contributed by atoms with Gasteiger partial charge in [0.2, 0.25) is 0 Å². The van der Waals surface area contributed by atoms with Gasteiger partial charge in [-0.25, -0.2) is 4.39 Å². The van der Waals surface area contributed by atoms with Crippen molar-refractivity contribution in [1.82, 2.24) is 5.32 Å². The number of hydrogen-bond acceptors (Lipinski definition) is 2. The second-order valence-corrected chi connectivity index (χ2v) is 5.14. The minimum Gasteiger partial charge on any atom is -0.341 e. The Kier molecular flexibility index (Phi) is 5.76. The van der Waals surface area contributed by atoms with E-state index < -0.39 is 0 Å². The van der Waals surface area contributed by atoms with E-state index in [-0.39, 0.29) is 5.82 Å². The number of benzene rings is 2. The molecule has 0 atom stereocenters. The SMILES string of the molecule is CCCCN(c1ccccc1)c1ccc(F)cc1CNC. The molecule has 0 aromatic heterocycles. The van der Waals surface area contributed by atoms with Gasteiger partial charge in [-0.1, -0.05) is 31.5 Å². The quantitative estimate of drug-likeness (QED) is 0.807. The average molecular weight is 286 g/mol. The first-order chi connectivity index (χ1) is 10.3. The van der Waals surface area contributed by atoms with Crippen molar-refractivity contribution in [2.45, 2.75) is 26.3 Å². The molecule has 0 saturated heterocycles. The zero-order valence-corrected chi connectivity index (χ0v) is 12.8. The Hall–Kier alpha value is -1.87. The maximum Gasteiger partial charge on any atom is 0.123 e. The molecule has 0 unspecified atom stereocenters. The Morgan fingerprint density at radius 1 is 1.10 bits per heavy atom. The van der Waals surface area contributed by atoms with Gasteiger partial charge in [0.1, 0.15) is 5.82 Å². The van der Waals surface area contributed by atoms with Crippen molar-refractivity contribution in [3.8, 4) is 0 Å². The van der Waals surface area contributed by atoms with Crippen LogP contribution in [0.25, 0.3) is 0 Å². The summed E-state index contributed by atoms with van der Waals surface area (Å²) >= 11 is 0. The molecule has 0 radical (unpaired) electrons. The molecule has 0 fully saturated rings. The van der Waals surface area contributed by atoms with Gasteiger partial charge in [-0.05, 0) is 49.4 Å². The van der Waals surface area contributed by atoms with Crippen molar-refractivity contribution in [2.75, 3.05) is 18.5 Å². The van der Waals surface area contributed by atoms with Crippen LogP contribution in [0.1, 0.15) is 25.3 Å². The standard InChI is InChI=1S/C18H23FN2/c1-3-4-12-21(17-8-6-5-7-9-17)18-11-10-16(19)13-15(18)14-20-2/h5-11,13,20H,3-4,12,14H2,1-2H3. The van der Waals surface area contributed by atoms with Crippen molar-refractivity contribution in [3.05, 3.63) is 59.9 Å². The Morgan fingerprint density at radius 2 is 1.86 bits per heavy atom. The molecule has 0 amide bonds. The Labute approximate surface area is 126 Å². The van der Waals surface area contributed by atoms with E-state index in [9.17, 15) is 4.39 Å². The molecule has 0 aliphatic rings. The highest BCUT2D eigenvalue weighted by Crippen LogP contribution is 2.29. The second-order valence-electron chi connectivity index (χ2n) is 5.14. The van der Waals surface area contributed by atoms with Gasteiger partial charge in [-0.3, -0.25) is 0 Å². The molecule has 2 nitrogen and oxygen atoms in total. The average Bonchev–Trinajstić information content (AvgIpc) is 2.51. The summed E-state index contributed by atoms with van der Waals surface area (Å²) in [6.45, 7) is 3.77. The molecular weight excluding hydrogens is 263 g/mol. The lowest BCUT2D eigenvalue weighted by atomic mass is 10.1. The van der Waals surface area contributed by atoms with Crippen LogP contribution < -0.4 is 10.2 Å². The van der Waals surface area contributed by atoms with Crippen LogP contribution >= 0.6 is 0 Å². The van der Waals surface area contributed by atoms with E-state index in [2.05, 4.69) is 29.3 Å². The first-order valence-electron chi connectivity index (χ1n) is 7.52. The predicted molar refractivity (Wildman–Crippen MR) is 87.5 cm³/mol. The van der Waals surface area contributed by atoms with Crippen LogP contribution in [-0.2, 0) is 6.54 Å². The summed E-state index contributed by atoms with van der Waals surface area (Å²) in [7, 11) is 1.88. The summed E-state index contributed by atoms with van der Waals surface area (Å²) in [5, 5.41) is 3.12. The number of anilines is 2. The monoisotopic (exact) mass is 286 g/mol. The van der Waals surface area contributed by atoms with E-state index in [0.717, 1.165) is 36.3 Å². The molecule has 0 bridgehead atoms. The lowest BCUT2D eigenvalue weighted by molar-refractivity contribution is 0.623. The van der Waals surface area contributed by atoms with Gasteiger partial charge >= 0.3 is 0 Å². The van der Waals surface area contributed by atoms with Crippen molar-refractivity contribution >= 4 is 11.4 Å². The highest BCUT2D eigenvalue weighted by molar-refractivity contribution is 5.66. The van der Waals surface area contributed by atoms with Crippen molar-refractivity contribution in [2.24, 2.45) is 0 Å². The lowest BCUT2D eigenvalue weighted by Crippen LogP contribution is -2.21. The Morgan fingerprint density at radius 3 is 2.52 bits per heavy atom. The van der Waals surface area contributed by atoms with Gasteiger partial charge in [0, 0.05) is 24.5 Å². The summed E-state index contributed by atoms with van der Waals surface area (Å²) in [5.41, 5.74) is 3.21. The van der Waals surface area contributed by atoms with Crippen LogP contribution in [0.3, 0.4) is 0 Å². The molecule has 2 aromatic carbocycles. The van der Waals surface area contributed by atoms with Crippen LogP contribution in [0, 0.1) is 5.82 Å². The number of nitrogens with one attached hydrogen (secondary N) is 1. The fourth-order valence-electron chi connectivity index (χ4n) is 2.46. The molecule has 112 valence electrons. The molecule has 1 N–H and O–H groups in total. The van der Waals surface area contributed by atoms with Gasteiger partial charge < -0.3 is 10.2 Å². The van der Waals surface area contributed by atoms with Crippen LogP contribution in [0.2, 0.25) is 0 Å². The first-order valence-corrected chi connectivity index (χ1v) is 7.52. The summed E-state index contributed by atoms with van der Waals surface area (Å²) < 4.78 is 13.5. The van der Waals surface area contributed by atoms with E-state index in [1.54, 1.807) is 6.07 Å². The topological polar surface area (TPSA) is 15.3 Å². The minimum absolute atomic E-state index is 0.187. The highest BCUT2D eigenvalue weighted by atomic mass is 19.1. The molecule has 2 rings (SSSR count). The molecule has 3 heteroatoms. The number of para-hydroxylation sites is 1. The molecule has 0 aliphatic heterocycles. The van der Waals surface area contributed by atoms with Crippen LogP contribution in [-0.4, -0.2) is 13.6 Å². The Bertz CT molecular complexity index is 554. The number of unbranched alkanes of at least 4 members (excludes halogenated alkanes) is 1. The summed E-state index contributed by atoms with van der Waals surface area (Å²) in [6.07, 6.45) is 2.23. The van der Waals surface area contributed by atoms with E-state index in [1.807, 2.05) is 31.3 Å². The van der Waals surface area contributed by atoms with Crippen molar-refractivity contribution in [1.29, 1.82) is 0 Å².